The maximum atomic E-state index is 5.90. The molecule has 0 unspecified atom stereocenters. The van der Waals surface area contributed by atoms with Gasteiger partial charge >= 0.3 is 0 Å². The molecule has 0 fully saturated rings. The van der Waals surface area contributed by atoms with Gasteiger partial charge in [-0.15, -0.1) is 0 Å². The van der Waals surface area contributed by atoms with E-state index in [-0.39, 0.29) is 0 Å². The predicted molar refractivity (Wildman–Crippen MR) is 84.7 cm³/mol. The monoisotopic (exact) mass is 279 g/mol. The molecule has 0 atom stereocenters. The number of ether oxygens (including phenoxy) is 1. The molecular weight excluding hydrogens is 250 g/mol. The number of rotatable bonds is 10. The highest BCUT2D eigenvalue weighted by atomic mass is 16.5. The second kappa shape index (κ2) is 9.72. The van der Waals surface area contributed by atoms with Gasteiger partial charge in [-0.2, -0.15) is 0 Å². The standard InChI is InChI=1S/C16H29N3O/c1-4-7-8-15-11-14(12-18-16(15)17)13-20-10-9-19(5-2)6-3/h11-12H,4-10,13H2,1-3H3,(H2,17,18). The van der Waals surface area contributed by atoms with Crippen molar-refractivity contribution in [1.82, 2.24) is 9.88 Å². The van der Waals surface area contributed by atoms with Gasteiger partial charge in [0.1, 0.15) is 5.82 Å². The lowest BCUT2D eigenvalue weighted by molar-refractivity contribution is 0.0954. The molecule has 0 aliphatic heterocycles. The quantitative estimate of drug-likeness (QED) is 0.669. The summed E-state index contributed by atoms with van der Waals surface area (Å²) in [6, 6.07) is 2.13. The molecule has 0 saturated heterocycles. The Labute approximate surface area is 123 Å². The van der Waals surface area contributed by atoms with Crippen LogP contribution in [-0.4, -0.2) is 36.1 Å². The van der Waals surface area contributed by atoms with Gasteiger partial charge in [-0.1, -0.05) is 27.2 Å². The van der Waals surface area contributed by atoms with E-state index >= 15 is 0 Å². The molecule has 2 N–H and O–H groups in total. The van der Waals surface area contributed by atoms with Crippen molar-refractivity contribution in [1.29, 1.82) is 0 Å². The molecular formula is C16H29N3O. The second-order valence-electron chi connectivity index (χ2n) is 5.07. The number of nitrogens with zero attached hydrogens (tertiary/aromatic N) is 2. The Morgan fingerprint density at radius 3 is 2.65 bits per heavy atom. The SMILES string of the molecule is CCCCc1cc(COCCN(CC)CC)cnc1N. The van der Waals surface area contributed by atoms with E-state index in [4.69, 9.17) is 10.5 Å². The number of nitrogens with two attached hydrogens (primary N) is 1. The van der Waals surface area contributed by atoms with E-state index in [1.165, 1.54) is 6.42 Å². The van der Waals surface area contributed by atoms with Crippen molar-refractivity contribution in [3.63, 3.8) is 0 Å². The summed E-state index contributed by atoms with van der Waals surface area (Å²) in [5.74, 6) is 0.658. The van der Waals surface area contributed by atoms with Gasteiger partial charge in [0.25, 0.3) is 0 Å². The van der Waals surface area contributed by atoms with Gasteiger partial charge in [-0.05, 0) is 43.1 Å². The Morgan fingerprint density at radius 2 is 2.00 bits per heavy atom. The van der Waals surface area contributed by atoms with Crippen molar-refractivity contribution >= 4 is 5.82 Å². The Kier molecular flexibility index (Phi) is 8.23. The van der Waals surface area contributed by atoms with Gasteiger partial charge in [-0.25, -0.2) is 4.98 Å². The largest absolute Gasteiger partial charge is 0.383 e. The molecule has 0 bridgehead atoms. The predicted octanol–water partition coefficient (Wildman–Crippen LogP) is 2.86. The first-order valence-electron chi connectivity index (χ1n) is 7.74. The molecule has 1 aromatic heterocycles. The molecule has 0 radical (unpaired) electrons. The Hall–Kier alpha value is -1.13. The minimum absolute atomic E-state index is 0.619. The van der Waals surface area contributed by atoms with Gasteiger partial charge in [0.15, 0.2) is 0 Å². The minimum atomic E-state index is 0.619. The minimum Gasteiger partial charge on any atom is -0.383 e. The van der Waals surface area contributed by atoms with Crippen LogP contribution in [0, 0.1) is 0 Å². The van der Waals surface area contributed by atoms with Crippen LogP contribution in [-0.2, 0) is 17.8 Å². The molecule has 4 nitrogen and oxygen atoms in total. The summed E-state index contributed by atoms with van der Waals surface area (Å²) < 4.78 is 5.73. The fourth-order valence-electron chi connectivity index (χ4n) is 2.14. The number of pyridine rings is 1. The van der Waals surface area contributed by atoms with Crippen LogP contribution in [0.4, 0.5) is 5.82 Å². The first-order valence-corrected chi connectivity index (χ1v) is 7.74. The molecule has 0 saturated carbocycles. The summed E-state index contributed by atoms with van der Waals surface area (Å²) in [5, 5.41) is 0. The van der Waals surface area contributed by atoms with Crippen molar-refractivity contribution in [2.24, 2.45) is 0 Å². The van der Waals surface area contributed by atoms with Crippen LogP contribution in [0.5, 0.6) is 0 Å². The average molecular weight is 279 g/mol. The molecule has 0 spiro atoms. The maximum Gasteiger partial charge on any atom is 0.126 e. The van der Waals surface area contributed by atoms with E-state index in [0.29, 0.717) is 12.4 Å². The third-order valence-electron chi connectivity index (χ3n) is 3.57. The first-order chi connectivity index (χ1) is 9.71. The van der Waals surface area contributed by atoms with E-state index in [0.717, 1.165) is 50.2 Å². The molecule has 0 aliphatic carbocycles. The van der Waals surface area contributed by atoms with E-state index in [9.17, 15) is 0 Å². The molecule has 1 aromatic rings. The molecule has 0 aromatic carbocycles. The summed E-state index contributed by atoms with van der Waals surface area (Å²) in [5.41, 5.74) is 8.17. The zero-order valence-corrected chi connectivity index (χ0v) is 13.2. The summed E-state index contributed by atoms with van der Waals surface area (Å²) in [6.45, 7) is 11.0. The Morgan fingerprint density at radius 1 is 1.25 bits per heavy atom. The van der Waals surface area contributed by atoms with Crippen LogP contribution < -0.4 is 5.73 Å². The fraction of sp³-hybridized carbons (Fsp3) is 0.688. The first kappa shape index (κ1) is 16.9. The van der Waals surface area contributed by atoms with Crippen molar-refractivity contribution in [2.45, 2.75) is 46.6 Å². The van der Waals surface area contributed by atoms with E-state index in [2.05, 4.69) is 36.7 Å². The molecule has 114 valence electrons. The number of aryl methyl sites for hydroxylation is 1. The highest BCUT2D eigenvalue weighted by molar-refractivity contribution is 5.40. The number of nitrogen functional groups attached to an aromatic ring is 1. The van der Waals surface area contributed by atoms with Crippen LogP contribution in [0.1, 0.15) is 44.7 Å². The Bertz CT molecular complexity index is 378. The van der Waals surface area contributed by atoms with Gasteiger partial charge in [-0.3, -0.25) is 0 Å². The lowest BCUT2D eigenvalue weighted by Gasteiger charge is -2.17. The van der Waals surface area contributed by atoms with Crippen molar-refractivity contribution in [3.8, 4) is 0 Å². The van der Waals surface area contributed by atoms with Crippen molar-refractivity contribution in [2.75, 3.05) is 32.0 Å². The summed E-state index contributed by atoms with van der Waals surface area (Å²) in [4.78, 5) is 6.62. The van der Waals surface area contributed by atoms with Crippen LogP contribution in [0.15, 0.2) is 12.3 Å². The summed E-state index contributed by atoms with van der Waals surface area (Å²) >= 11 is 0. The van der Waals surface area contributed by atoms with Crippen LogP contribution in [0.2, 0.25) is 0 Å². The zero-order valence-electron chi connectivity index (χ0n) is 13.2. The zero-order chi connectivity index (χ0) is 14.8. The fourth-order valence-corrected chi connectivity index (χ4v) is 2.14. The van der Waals surface area contributed by atoms with Crippen LogP contribution in [0.3, 0.4) is 0 Å². The molecule has 0 aliphatic rings. The number of likely N-dealkylation sites (N-methyl/N-ethyl adjacent to an activating group) is 1. The number of hydrogen-bond acceptors (Lipinski definition) is 4. The highest BCUT2D eigenvalue weighted by Gasteiger charge is 2.04. The number of aromatic nitrogens is 1. The van der Waals surface area contributed by atoms with Crippen LogP contribution in [0.25, 0.3) is 0 Å². The molecule has 4 heteroatoms. The van der Waals surface area contributed by atoms with Crippen molar-refractivity contribution in [3.05, 3.63) is 23.4 Å². The number of hydrogen-bond donors (Lipinski definition) is 1. The molecule has 1 rings (SSSR count). The topological polar surface area (TPSA) is 51.4 Å². The lowest BCUT2D eigenvalue weighted by atomic mass is 10.1. The average Bonchev–Trinajstić information content (AvgIpc) is 2.47. The van der Waals surface area contributed by atoms with Gasteiger partial charge < -0.3 is 15.4 Å². The molecule has 0 amide bonds. The summed E-state index contributed by atoms with van der Waals surface area (Å²) in [7, 11) is 0. The van der Waals surface area contributed by atoms with Crippen LogP contribution >= 0.6 is 0 Å². The normalized spacial score (nSPS) is 11.2. The number of anilines is 1. The third-order valence-corrected chi connectivity index (χ3v) is 3.57. The maximum absolute atomic E-state index is 5.90. The smallest absolute Gasteiger partial charge is 0.126 e. The third kappa shape index (κ3) is 5.88. The van der Waals surface area contributed by atoms with Crippen molar-refractivity contribution < 1.29 is 4.74 Å². The van der Waals surface area contributed by atoms with Gasteiger partial charge in [0.2, 0.25) is 0 Å². The van der Waals surface area contributed by atoms with E-state index in [1.807, 2.05) is 6.20 Å². The second-order valence-corrected chi connectivity index (χ2v) is 5.07. The van der Waals surface area contributed by atoms with Gasteiger partial charge in [0.05, 0.1) is 13.2 Å². The van der Waals surface area contributed by atoms with E-state index in [1.54, 1.807) is 0 Å². The molecule has 20 heavy (non-hydrogen) atoms. The lowest BCUT2D eigenvalue weighted by Crippen LogP contribution is -2.27. The summed E-state index contributed by atoms with van der Waals surface area (Å²) in [6.07, 6.45) is 5.15. The van der Waals surface area contributed by atoms with Gasteiger partial charge in [0, 0.05) is 12.7 Å². The van der Waals surface area contributed by atoms with E-state index < -0.39 is 0 Å². The Balaban J connectivity index is 2.40. The molecule has 1 heterocycles. The highest BCUT2D eigenvalue weighted by Crippen LogP contribution is 2.14. The number of unbranched alkanes of at least 4 members (excludes halogenated alkanes) is 1.